The highest BCUT2D eigenvalue weighted by Crippen LogP contribution is 2.26. The molecule has 0 unspecified atom stereocenters. The molecule has 1 amide bonds. The normalized spacial score (nSPS) is 10.8. The van der Waals surface area contributed by atoms with Gasteiger partial charge in [-0.15, -0.1) is 0 Å². The molecular formula is C17H16N2O3. The van der Waals surface area contributed by atoms with Gasteiger partial charge in [0.1, 0.15) is 12.1 Å². The Labute approximate surface area is 127 Å². The minimum Gasteiger partial charge on any atom is -0.436 e. The Hall–Kier alpha value is -2.66. The van der Waals surface area contributed by atoms with E-state index in [0.29, 0.717) is 11.6 Å². The van der Waals surface area contributed by atoms with Crippen molar-refractivity contribution in [3.63, 3.8) is 0 Å². The Morgan fingerprint density at radius 1 is 1.23 bits per heavy atom. The number of aromatic nitrogens is 1. The van der Waals surface area contributed by atoms with Crippen molar-refractivity contribution in [2.24, 2.45) is 0 Å². The number of nitrogens with zero attached hydrogens (tertiary/aromatic N) is 1. The van der Waals surface area contributed by atoms with E-state index in [1.165, 1.54) is 7.11 Å². The van der Waals surface area contributed by atoms with Crippen LogP contribution >= 0.6 is 0 Å². The third-order valence-electron chi connectivity index (χ3n) is 3.31. The number of methoxy groups -OCH3 is 1. The molecule has 0 bridgehead atoms. The molecular weight excluding hydrogens is 280 g/mol. The van der Waals surface area contributed by atoms with Gasteiger partial charge in [-0.1, -0.05) is 12.1 Å². The number of oxazole rings is 1. The lowest BCUT2D eigenvalue weighted by Crippen LogP contribution is -2.16. The zero-order chi connectivity index (χ0) is 15.5. The fourth-order valence-electron chi connectivity index (χ4n) is 2.23. The van der Waals surface area contributed by atoms with E-state index < -0.39 is 0 Å². The molecule has 0 saturated carbocycles. The Bertz CT molecular complexity index is 806. The number of carbonyl (C=O) groups is 1. The summed E-state index contributed by atoms with van der Waals surface area (Å²) in [5.41, 5.74) is 4.29. The van der Waals surface area contributed by atoms with Crippen molar-refractivity contribution in [1.29, 1.82) is 0 Å². The van der Waals surface area contributed by atoms with Crippen LogP contribution in [0.5, 0.6) is 0 Å². The zero-order valence-electron chi connectivity index (χ0n) is 12.4. The van der Waals surface area contributed by atoms with Crippen molar-refractivity contribution in [2.45, 2.75) is 6.92 Å². The van der Waals surface area contributed by atoms with Crippen LogP contribution in [-0.4, -0.2) is 24.6 Å². The molecule has 5 nitrogen and oxygen atoms in total. The average Bonchev–Trinajstić information content (AvgIpc) is 2.94. The van der Waals surface area contributed by atoms with Crippen molar-refractivity contribution in [3.8, 4) is 11.5 Å². The highest BCUT2D eigenvalue weighted by atomic mass is 16.5. The maximum Gasteiger partial charge on any atom is 0.250 e. The second-order valence-corrected chi connectivity index (χ2v) is 5.00. The van der Waals surface area contributed by atoms with Crippen LogP contribution in [-0.2, 0) is 9.53 Å². The summed E-state index contributed by atoms with van der Waals surface area (Å²) in [4.78, 5) is 16.0. The number of rotatable bonds is 4. The van der Waals surface area contributed by atoms with E-state index in [4.69, 9.17) is 9.15 Å². The second kappa shape index (κ2) is 5.99. The summed E-state index contributed by atoms with van der Waals surface area (Å²) in [5, 5.41) is 2.74. The van der Waals surface area contributed by atoms with E-state index in [1.54, 1.807) is 0 Å². The lowest BCUT2D eigenvalue weighted by molar-refractivity contribution is -0.119. The monoisotopic (exact) mass is 296 g/mol. The molecule has 1 aromatic heterocycles. The molecule has 1 N–H and O–H groups in total. The largest absolute Gasteiger partial charge is 0.436 e. The van der Waals surface area contributed by atoms with Crippen LogP contribution in [0.3, 0.4) is 0 Å². The van der Waals surface area contributed by atoms with Crippen LogP contribution in [0.25, 0.3) is 22.6 Å². The van der Waals surface area contributed by atoms with Crippen molar-refractivity contribution in [2.75, 3.05) is 19.0 Å². The van der Waals surface area contributed by atoms with Crippen molar-refractivity contribution < 1.29 is 13.9 Å². The number of fused-ring (bicyclic) bond motifs is 1. The van der Waals surface area contributed by atoms with Crippen LogP contribution in [0.15, 0.2) is 46.9 Å². The fourth-order valence-corrected chi connectivity index (χ4v) is 2.23. The number of aryl methyl sites for hydroxylation is 1. The molecule has 0 atom stereocenters. The van der Waals surface area contributed by atoms with Gasteiger partial charge in [-0.05, 0) is 42.8 Å². The van der Waals surface area contributed by atoms with Gasteiger partial charge >= 0.3 is 0 Å². The first-order valence-electron chi connectivity index (χ1n) is 6.93. The molecule has 0 radical (unpaired) electrons. The van der Waals surface area contributed by atoms with Gasteiger partial charge in [-0.3, -0.25) is 4.79 Å². The first-order chi connectivity index (χ1) is 10.7. The molecule has 5 heteroatoms. The number of benzene rings is 2. The van der Waals surface area contributed by atoms with Crippen LogP contribution in [0, 0.1) is 6.92 Å². The standard InChI is InChI=1S/C17H16N2O3/c1-11-4-3-5-14-16(11)19-17(22-14)12-6-8-13(9-7-12)18-15(20)10-21-2/h3-9H,10H2,1-2H3,(H,18,20). The highest BCUT2D eigenvalue weighted by Gasteiger charge is 2.10. The van der Waals surface area contributed by atoms with E-state index in [0.717, 1.165) is 22.2 Å². The van der Waals surface area contributed by atoms with Gasteiger partial charge in [-0.2, -0.15) is 0 Å². The van der Waals surface area contributed by atoms with Crippen LogP contribution in [0.1, 0.15) is 5.56 Å². The highest BCUT2D eigenvalue weighted by molar-refractivity contribution is 5.92. The summed E-state index contributed by atoms with van der Waals surface area (Å²) in [6.45, 7) is 2.04. The predicted molar refractivity (Wildman–Crippen MR) is 84.7 cm³/mol. The molecule has 0 fully saturated rings. The van der Waals surface area contributed by atoms with Gasteiger partial charge in [0.15, 0.2) is 5.58 Å². The van der Waals surface area contributed by atoms with Crippen molar-refractivity contribution in [1.82, 2.24) is 4.98 Å². The summed E-state index contributed by atoms with van der Waals surface area (Å²) in [5.74, 6) is 0.381. The minimum atomic E-state index is -0.187. The van der Waals surface area contributed by atoms with E-state index in [1.807, 2.05) is 49.4 Å². The van der Waals surface area contributed by atoms with E-state index in [-0.39, 0.29) is 12.5 Å². The number of ether oxygens (including phenoxy) is 1. The number of hydrogen-bond donors (Lipinski definition) is 1. The first-order valence-corrected chi connectivity index (χ1v) is 6.93. The topological polar surface area (TPSA) is 64.4 Å². The fraction of sp³-hybridized carbons (Fsp3) is 0.176. The van der Waals surface area contributed by atoms with E-state index in [2.05, 4.69) is 10.3 Å². The number of hydrogen-bond acceptors (Lipinski definition) is 4. The summed E-state index contributed by atoms with van der Waals surface area (Å²) < 4.78 is 10.6. The molecule has 112 valence electrons. The van der Waals surface area contributed by atoms with Crippen LogP contribution in [0.4, 0.5) is 5.69 Å². The quantitative estimate of drug-likeness (QED) is 0.801. The average molecular weight is 296 g/mol. The number of anilines is 1. The van der Waals surface area contributed by atoms with Gasteiger partial charge in [-0.25, -0.2) is 4.98 Å². The Morgan fingerprint density at radius 3 is 2.68 bits per heavy atom. The summed E-state index contributed by atoms with van der Waals surface area (Å²) >= 11 is 0. The number of carbonyl (C=O) groups excluding carboxylic acids is 1. The Morgan fingerprint density at radius 2 is 2.00 bits per heavy atom. The van der Waals surface area contributed by atoms with Gasteiger partial charge in [0.2, 0.25) is 11.8 Å². The van der Waals surface area contributed by atoms with Gasteiger partial charge in [0, 0.05) is 18.4 Å². The first kappa shape index (κ1) is 14.3. The number of nitrogens with one attached hydrogen (secondary N) is 1. The van der Waals surface area contributed by atoms with E-state index >= 15 is 0 Å². The summed E-state index contributed by atoms with van der Waals surface area (Å²) in [7, 11) is 1.48. The van der Waals surface area contributed by atoms with Gasteiger partial charge < -0.3 is 14.5 Å². The van der Waals surface area contributed by atoms with Crippen molar-refractivity contribution in [3.05, 3.63) is 48.0 Å². The predicted octanol–water partition coefficient (Wildman–Crippen LogP) is 3.39. The molecule has 0 aliphatic carbocycles. The molecule has 1 heterocycles. The zero-order valence-corrected chi connectivity index (χ0v) is 12.4. The van der Waals surface area contributed by atoms with Gasteiger partial charge in [0.05, 0.1) is 0 Å². The maximum absolute atomic E-state index is 11.5. The summed E-state index contributed by atoms with van der Waals surface area (Å²) in [6, 6.07) is 13.2. The molecule has 3 aromatic rings. The molecule has 3 rings (SSSR count). The lowest BCUT2D eigenvalue weighted by Gasteiger charge is -2.04. The smallest absolute Gasteiger partial charge is 0.250 e. The summed E-state index contributed by atoms with van der Waals surface area (Å²) in [6.07, 6.45) is 0. The molecule has 0 saturated heterocycles. The molecule has 0 aliphatic rings. The number of amides is 1. The maximum atomic E-state index is 11.5. The second-order valence-electron chi connectivity index (χ2n) is 5.00. The molecule has 22 heavy (non-hydrogen) atoms. The molecule has 0 spiro atoms. The minimum absolute atomic E-state index is 0.0339. The lowest BCUT2D eigenvalue weighted by atomic mass is 10.2. The van der Waals surface area contributed by atoms with Crippen LogP contribution < -0.4 is 5.32 Å². The molecule has 2 aromatic carbocycles. The van der Waals surface area contributed by atoms with E-state index in [9.17, 15) is 4.79 Å². The Balaban J connectivity index is 1.85. The SMILES string of the molecule is COCC(=O)Nc1ccc(-c2nc3c(C)cccc3o2)cc1. The third-order valence-corrected chi connectivity index (χ3v) is 3.31. The Kier molecular flexibility index (Phi) is 3.89. The number of para-hydroxylation sites is 1. The molecule has 0 aliphatic heterocycles. The van der Waals surface area contributed by atoms with Gasteiger partial charge in [0.25, 0.3) is 0 Å². The third kappa shape index (κ3) is 2.84. The van der Waals surface area contributed by atoms with Crippen LogP contribution in [0.2, 0.25) is 0 Å². The van der Waals surface area contributed by atoms with Crippen molar-refractivity contribution >= 4 is 22.7 Å².